The van der Waals surface area contributed by atoms with Gasteiger partial charge in [0.05, 0.1) is 6.07 Å². The minimum atomic E-state index is -3.48. The van der Waals surface area contributed by atoms with Gasteiger partial charge in [0, 0.05) is 6.04 Å². The lowest BCUT2D eigenvalue weighted by Crippen LogP contribution is -2.41. The van der Waals surface area contributed by atoms with Crippen LogP contribution in [-0.2, 0) is 10.0 Å². The fraction of sp³-hybridized carbons (Fsp3) is 0.889. The Labute approximate surface area is 86.4 Å². The van der Waals surface area contributed by atoms with Crippen molar-refractivity contribution in [1.29, 1.82) is 5.26 Å². The van der Waals surface area contributed by atoms with Gasteiger partial charge in [-0.3, -0.25) is 0 Å². The lowest BCUT2D eigenvalue weighted by atomic mass is 10.0. The molecule has 0 aliphatic carbocycles. The largest absolute Gasteiger partial charge is 0.227 e. The van der Waals surface area contributed by atoms with E-state index >= 15 is 0 Å². The van der Waals surface area contributed by atoms with Crippen molar-refractivity contribution in [3.63, 3.8) is 0 Å². The number of sulfonamides is 1. The van der Waals surface area contributed by atoms with Crippen molar-refractivity contribution in [2.45, 2.75) is 45.4 Å². The van der Waals surface area contributed by atoms with Crippen LogP contribution in [0.3, 0.4) is 0 Å². The molecule has 0 amide bonds. The highest BCUT2D eigenvalue weighted by Crippen LogP contribution is 2.08. The van der Waals surface area contributed by atoms with Crippen LogP contribution in [0.1, 0.15) is 34.1 Å². The molecule has 0 aromatic rings. The number of nitriles is 1. The van der Waals surface area contributed by atoms with Gasteiger partial charge in [0.1, 0.15) is 0 Å². The first-order valence-electron chi connectivity index (χ1n) is 4.75. The van der Waals surface area contributed by atoms with Gasteiger partial charge in [-0.25, -0.2) is 13.1 Å². The summed E-state index contributed by atoms with van der Waals surface area (Å²) in [6.45, 7) is 7.21. The van der Waals surface area contributed by atoms with E-state index < -0.39 is 15.3 Å². The van der Waals surface area contributed by atoms with E-state index in [1.54, 1.807) is 6.07 Å². The van der Waals surface area contributed by atoms with E-state index in [9.17, 15) is 8.42 Å². The maximum Gasteiger partial charge on any atom is 0.227 e. The second-order valence-corrected chi connectivity index (χ2v) is 5.73. The molecule has 0 saturated heterocycles. The minimum Gasteiger partial charge on any atom is -0.211 e. The Balaban J connectivity index is 4.59. The maximum atomic E-state index is 11.5. The summed E-state index contributed by atoms with van der Waals surface area (Å²) >= 11 is 0. The number of hydrogen-bond acceptors (Lipinski definition) is 3. The summed E-state index contributed by atoms with van der Waals surface area (Å²) in [6.07, 6.45) is 0.731. The molecule has 2 unspecified atom stereocenters. The quantitative estimate of drug-likeness (QED) is 0.755. The highest BCUT2D eigenvalue weighted by atomic mass is 32.2. The first kappa shape index (κ1) is 13.4. The summed E-state index contributed by atoms with van der Waals surface area (Å²) in [5.74, 6) is 0.237. The van der Waals surface area contributed by atoms with E-state index in [-0.39, 0.29) is 12.0 Å². The summed E-state index contributed by atoms with van der Waals surface area (Å²) in [5.41, 5.74) is 0. The molecule has 0 saturated carbocycles. The minimum absolute atomic E-state index is 0.0872. The van der Waals surface area contributed by atoms with E-state index in [1.165, 1.54) is 6.92 Å². The lowest BCUT2D eigenvalue weighted by molar-refractivity contribution is 0.436. The predicted molar refractivity (Wildman–Crippen MR) is 56.0 cm³/mol. The highest BCUT2D eigenvalue weighted by Gasteiger charge is 2.24. The number of nitrogens with zero attached hydrogens (tertiary/aromatic N) is 1. The first-order valence-corrected chi connectivity index (χ1v) is 6.30. The molecule has 82 valence electrons. The Kier molecular flexibility index (Phi) is 5.09. The van der Waals surface area contributed by atoms with Crippen molar-refractivity contribution < 1.29 is 8.42 Å². The first-order chi connectivity index (χ1) is 6.35. The van der Waals surface area contributed by atoms with Crippen molar-refractivity contribution >= 4 is 10.0 Å². The fourth-order valence-corrected chi connectivity index (χ4v) is 2.28. The fourth-order valence-electron chi connectivity index (χ4n) is 1.07. The van der Waals surface area contributed by atoms with Crippen molar-refractivity contribution in [2.24, 2.45) is 5.92 Å². The molecule has 0 aromatic carbocycles. The summed E-state index contributed by atoms with van der Waals surface area (Å²) in [5, 5.41) is 7.53. The molecule has 5 heteroatoms. The summed E-state index contributed by atoms with van der Waals surface area (Å²) in [6, 6.07) is 1.64. The number of rotatable bonds is 5. The van der Waals surface area contributed by atoms with Crippen LogP contribution in [0.5, 0.6) is 0 Å². The van der Waals surface area contributed by atoms with Gasteiger partial charge in [-0.2, -0.15) is 5.26 Å². The van der Waals surface area contributed by atoms with E-state index in [0.717, 1.165) is 6.42 Å². The van der Waals surface area contributed by atoms with Gasteiger partial charge < -0.3 is 0 Å². The third kappa shape index (κ3) is 3.64. The smallest absolute Gasteiger partial charge is 0.211 e. The van der Waals surface area contributed by atoms with Crippen LogP contribution in [0, 0.1) is 17.2 Å². The number of hydrogen-bond donors (Lipinski definition) is 1. The van der Waals surface area contributed by atoms with Crippen LogP contribution in [0.15, 0.2) is 0 Å². The topological polar surface area (TPSA) is 70.0 Å². The standard InChI is InChI=1S/C9H18N2O2S/c1-5-9(7(2)3)11-14(12,13)8(4)6-10/h7-9,11H,5H2,1-4H3. The van der Waals surface area contributed by atoms with Crippen LogP contribution >= 0.6 is 0 Å². The van der Waals surface area contributed by atoms with Crippen molar-refractivity contribution in [1.82, 2.24) is 4.72 Å². The average Bonchev–Trinajstić information content (AvgIpc) is 2.12. The van der Waals surface area contributed by atoms with Gasteiger partial charge in [0.15, 0.2) is 5.25 Å². The van der Waals surface area contributed by atoms with Gasteiger partial charge in [0.25, 0.3) is 0 Å². The highest BCUT2D eigenvalue weighted by molar-refractivity contribution is 7.90. The zero-order valence-electron chi connectivity index (χ0n) is 9.11. The zero-order valence-corrected chi connectivity index (χ0v) is 9.93. The lowest BCUT2D eigenvalue weighted by Gasteiger charge is -2.21. The van der Waals surface area contributed by atoms with E-state index in [0.29, 0.717) is 0 Å². The Morgan fingerprint density at radius 2 is 1.86 bits per heavy atom. The molecule has 4 nitrogen and oxygen atoms in total. The molecule has 0 spiro atoms. The molecule has 14 heavy (non-hydrogen) atoms. The zero-order chi connectivity index (χ0) is 11.4. The average molecular weight is 218 g/mol. The molecule has 0 fully saturated rings. The SMILES string of the molecule is CCC(NS(=O)(=O)C(C)C#N)C(C)C. The molecule has 0 rings (SSSR count). The van der Waals surface area contributed by atoms with Gasteiger partial charge in [-0.1, -0.05) is 20.8 Å². The molecular formula is C9H18N2O2S. The molecule has 0 aromatic heterocycles. The van der Waals surface area contributed by atoms with Crippen LogP contribution in [0.4, 0.5) is 0 Å². The predicted octanol–water partition coefficient (Wildman–Crippen LogP) is 1.25. The van der Waals surface area contributed by atoms with Crippen LogP contribution < -0.4 is 4.72 Å². The summed E-state index contributed by atoms with van der Waals surface area (Å²) < 4.78 is 25.5. The number of nitrogens with one attached hydrogen (secondary N) is 1. The molecule has 0 radical (unpaired) electrons. The van der Waals surface area contributed by atoms with Gasteiger partial charge in [-0.05, 0) is 19.3 Å². The molecule has 0 aliphatic rings. The summed E-state index contributed by atoms with van der Waals surface area (Å²) in [4.78, 5) is 0. The third-order valence-electron chi connectivity index (χ3n) is 2.21. The van der Waals surface area contributed by atoms with Gasteiger partial charge in [-0.15, -0.1) is 0 Å². The molecule has 0 aliphatic heterocycles. The van der Waals surface area contributed by atoms with Crippen LogP contribution in [0.25, 0.3) is 0 Å². The Morgan fingerprint density at radius 1 is 1.36 bits per heavy atom. The van der Waals surface area contributed by atoms with E-state index in [4.69, 9.17) is 5.26 Å². The molecule has 1 N–H and O–H groups in total. The van der Waals surface area contributed by atoms with Crippen LogP contribution in [-0.4, -0.2) is 19.7 Å². The monoisotopic (exact) mass is 218 g/mol. The van der Waals surface area contributed by atoms with Crippen molar-refractivity contribution in [3.05, 3.63) is 0 Å². The Bertz CT molecular complexity index is 303. The van der Waals surface area contributed by atoms with E-state index in [1.807, 2.05) is 20.8 Å². The molecule has 0 bridgehead atoms. The van der Waals surface area contributed by atoms with Crippen LogP contribution in [0.2, 0.25) is 0 Å². The van der Waals surface area contributed by atoms with Gasteiger partial charge >= 0.3 is 0 Å². The van der Waals surface area contributed by atoms with Crippen molar-refractivity contribution in [3.8, 4) is 6.07 Å². The second kappa shape index (κ2) is 5.32. The van der Waals surface area contributed by atoms with Gasteiger partial charge in [0.2, 0.25) is 10.0 Å². The maximum absolute atomic E-state index is 11.5. The Morgan fingerprint density at radius 3 is 2.14 bits per heavy atom. The molecular weight excluding hydrogens is 200 g/mol. The van der Waals surface area contributed by atoms with E-state index in [2.05, 4.69) is 4.72 Å². The normalized spacial score (nSPS) is 16.3. The molecule has 2 atom stereocenters. The third-order valence-corrected chi connectivity index (χ3v) is 3.88. The summed E-state index contributed by atoms with van der Waals surface area (Å²) in [7, 11) is -3.48. The Hall–Kier alpha value is -0.600. The van der Waals surface area contributed by atoms with Crippen molar-refractivity contribution in [2.75, 3.05) is 0 Å². The second-order valence-electron chi connectivity index (χ2n) is 3.69. The molecule has 0 heterocycles.